The zero-order valence-corrected chi connectivity index (χ0v) is 20.1. The smallest absolute Gasteiger partial charge is 0.306 e. The third kappa shape index (κ3) is 6.76. The summed E-state index contributed by atoms with van der Waals surface area (Å²) in [5.41, 5.74) is 3.33. The highest BCUT2D eigenvalue weighted by molar-refractivity contribution is 5.69. The van der Waals surface area contributed by atoms with Crippen LogP contribution in [0.15, 0.2) is 30.5 Å². The molecule has 0 N–H and O–H groups in total. The third-order valence-corrected chi connectivity index (χ3v) is 6.73. The first-order valence-corrected chi connectivity index (χ1v) is 12.6. The van der Waals surface area contributed by atoms with Crippen LogP contribution in [0.3, 0.4) is 0 Å². The first-order valence-electron chi connectivity index (χ1n) is 12.6. The van der Waals surface area contributed by atoms with E-state index in [4.69, 9.17) is 14.5 Å². The standard InChI is InChI=1S/C27H37N3O3/c1-3-32-26(31)15-20(2)17-30-14-13-25-23(18-30)16-28-27(29-25)22-9-11-24(12-10-22)33-19-21-7-5-4-6-8-21/h9-12,16,20-21H,3-8,13-15,17-19H2,1-2H3. The average Bonchev–Trinajstić information content (AvgIpc) is 2.83. The van der Waals surface area contributed by atoms with E-state index < -0.39 is 0 Å². The predicted octanol–water partition coefficient (Wildman–Crippen LogP) is 5.05. The van der Waals surface area contributed by atoms with E-state index in [0.29, 0.717) is 18.9 Å². The van der Waals surface area contributed by atoms with Crippen LogP contribution in [0.2, 0.25) is 0 Å². The summed E-state index contributed by atoms with van der Waals surface area (Å²) in [4.78, 5) is 23.6. The summed E-state index contributed by atoms with van der Waals surface area (Å²) in [6.45, 7) is 7.87. The molecule has 1 aliphatic heterocycles. The predicted molar refractivity (Wildman–Crippen MR) is 129 cm³/mol. The molecule has 2 heterocycles. The molecule has 4 rings (SSSR count). The van der Waals surface area contributed by atoms with Crippen LogP contribution >= 0.6 is 0 Å². The minimum atomic E-state index is -0.110. The first-order chi connectivity index (χ1) is 16.1. The van der Waals surface area contributed by atoms with Gasteiger partial charge >= 0.3 is 5.97 Å². The second-order valence-electron chi connectivity index (χ2n) is 9.60. The molecular formula is C27H37N3O3. The molecule has 2 aliphatic rings. The summed E-state index contributed by atoms with van der Waals surface area (Å²) < 4.78 is 11.1. The number of nitrogens with zero attached hydrogens (tertiary/aromatic N) is 3. The van der Waals surface area contributed by atoms with Crippen molar-refractivity contribution in [2.75, 3.05) is 26.3 Å². The number of ether oxygens (including phenoxy) is 2. The van der Waals surface area contributed by atoms with Crippen molar-refractivity contribution in [3.63, 3.8) is 0 Å². The number of aromatic nitrogens is 2. The SMILES string of the molecule is CCOC(=O)CC(C)CN1CCc2nc(-c3ccc(OCC4CCCCC4)cc3)ncc2C1. The van der Waals surface area contributed by atoms with Crippen molar-refractivity contribution in [2.24, 2.45) is 11.8 Å². The summed E-state index contributed by atoms with van der Waals surface area (Å²) in [5.74, 6) is 2.56. The van der Waals surface area contributed by atoms with Gasteiger partial charge in [-0.05, 0) is 55.9 Å². The molecule has 1 aliphatic carbocycles. The molecule has 178 valence electrons. The van der Waals surface area contributed by atoms with E-state index in [1.807, 2.05) is 25.3 Å². The van der Waals surface area contributed by atoms with Crippen molar-refractivity contribution in [1.82, 2.24) is 14.9 Å². The number of carbonyl (C=O) groups is 1. The maximum Gasteiger partial charge on any atom is 0.306 e. The van der Waals surface area contributed by atoms with Crippen LogP contribution in [0, 0.1) is 11.8 Å². The number of fused-ring (bicyclic) bond motifs is 1. The quantitative estimate of drug-likeness (QED) is 0.497. The summed E-state index contributed by atoms with van der Waals surface area (Å²) in [6.07, 6.45) is 9.98. The van der Waals surface area contributed by atoms with Crippen LogP contribution in [0.1, 0.15) is 63.6 Å². The Labute approximate surface area is 197 Å². The molecule has 1 fully saturated rings. The lowest BCUT2D eigenvalue weighted by molar-refractivity contribution is -0.144. The second kappa shape index (κ2) is 11.6. The van der Waals surface area contributed by atoms with Gasteiger partial charge in [-0.1, -0.05) is 26.2 Å². The van der Waals surface area contributed by atoms with Gasteiger partial charge in [0, 0.05) is 49.8 Å². The molecule has 2 aromatic rings. The topological polar surface area (TPSA) is 64.5 Å². The van der Waals surface area contributed by atoms with Gasteiger partial charge in [0.15, 0.2) is 5.82 Å². The fraction of sp³-hybridized carbons (Fsp3) is 0.593. The Morgan fingerprint density at radius 3 is 2.73 bits per heavy atom. The largest absolute Gasteiger partial charge is 0.493 e. The lowest BCUT2D eigenvalue weighted by Crippen LogP contribution is -2.35. The van der Waals surface area contributed by atoms with E-state index >= 15 is 0 Å². The van der Waals surface area contributed by atoms with Crippen LogP contribution in [0.5, 0.6) is 5.75 Å². The summed E-state index contributed by atoms with van der Waals surface area (Å²) >= 11 is 0. The van der Waals surface area contributed by atoms with Crippen LogP contribution < -0.4 is 4.74 Å². The van der Waals surface area contributed by atoms with Crippen molar-refractivity contribution < 1.29 is 14.3 Å². The van der Waals surface area contributed by atoms with Crippen LogP contribution in [-0.2, 0) is 22.5 Å². The molecule has 1 saturated carbocycles. The number of benzene rings is 1. The molecule has 6 nitrogen and oxygen atoms in total. The van der Waals surface area contributed by atoms with Gasteiger partial charge in [0.2, 0.25) is 0 Å². The van der Waals surface area contributed by atoms with Gasteiger partial charge in [-0.3, -0.25) is 9.69 Å². The van der Waals surface area contributed by atoms with E-state index in [1.165, 1.54) is 37.7 Å². The van der Waals surface area contributed by atoms with Crippen LogP contribution in [-0.4, -0.2) is 47.1 Å². The zero-order valence-electron chi connectivity index (χ0n) is 20.1. The van der Waals surface area contributed by atoms with Crippen molar-refractivity contribution >= 4 is 5.97 Å². The van der Waals surface area contributed by atoms with Crippen molar-refractivity contribution in [3.05, 3.63) is 41.7 Å². The Morgan fingerprint density at radius 2 is 1.97 bits per heavy atom. The molecule has 33 heavy (non-hydrogen) atoms. The summed E-state index contributed by atoms with van der Waals surface area (Å²) in [6, 6.07) is 8.19. The molecule has 0 saturated heterocycles. The van der Waals surface area contributed by atoms with Gasteiger partial charge in [-0.2, -0.15) is 0 Å². The fourth-order valence-electron chi connectivity index (χ4n) is 4.95. The van der Waals surface area contributed by atoms with E-state index in [9.17, 15) is 4.79 Å². The fourth-order valence-corrected chi connectivity index (χ4v) is 4.95. The molecule has 0 spiro atoms. The number of rotatable bonds is 9. The molecule has 1 aromatic carbocycles. The van der Waals surface area contributed by atoms with Crippen LogP contribution in [0.4, 0.5) is 0 Å². The van der Waals surface area contributed by atoms with Gasteiger partial charge in [0.1, 0.15) is 5.75 Å². The molecule has 1 unspecified atom stereocenters. The maximum atomic E-state index is 11.7. The number of carbonyl (C=O) groups excluding carboxylic acids is 1. The monoisotopic (exact) mass is 451 g/mol. The molecular weight excluding hydrogens is 414 g/mol. The van der Waals surface area contributed by atoms with Crippen molar-refractivity contribution in [1.29, 1.82) is 0 Å². The van der Waals surface area contributed by atoms with E-state index in [0.717, 1.165) is 55.5 Å². The number of esters is 1. The lowest BCUT2D eigenvalue weighted by atomic mass is 9.90. The van der Waals surface area contributed by atoms with Crippen molar-refractivity contribution in [3.8, 4) is 17.1 Å². The van der Waals surface area contributed by atoms with Crippen molar-refractivity contribution in [2.45, 2.75) is 65.3 Å². The molecule has 1 aromatic heterocycles. The minimum absolute atomic E-state index is 0.110. The normalized spacial score (nSPS) is 17.9. The van der Waals surface area contributed by atoms with Gasteiger partial charge in [0.25, 0.3) is 0 Å². The molecule has 6 heteroatoms. The zero-order chi connectivity index (χ0) is 23.0. The summed E-state index contributed by atoms with van der Waals surface area (Å²) in [5, 5.41) is 0. The summed E-state index contributed by atoms with van der Waals surface area (Å²) in [7, 11) is 0. The Hall–Kier alpha value is -2.47. The van der Waals surface area contributed by atoms with Gasteiger partial charge in [-0.25, -0.2) is 9.97 Å². The minimum Gasteiger partial charge on any atom is -0.493 e. The van der Waals surface area contributed by atoms with E-state index in [1.54, 1.807) is 0 Å². The molecule has 1 atom stereocenters. The Bertz CT molecular complexity index is 909. The van der Waals surface area contributed by atoms with Crippen LogP contribution in [0.25, 0.3) is 11.4 Å². The Morgan fingerprint density at radius 1 is 1.18 bits per heavy atom. The lowest BCUT2D eigenvalue weighted by Gasteiger charge is -2.30. The van der Waals surface area contributed by atoms with E-state index in [2.05, 4.69) is 28.9 Å². The average molecular weight is 452 g/mol. The second-order valence-corrected chi connectivity index (χ2v) is 9.60. The third-order valence-electron chi connectivity index (χ3n) is 6.73. The highest BCUT2D eigenvalue weighted by Crippen LogP contribution is 2.26. The van der Waals surface area contributed by atoms with Gasteiger partial charge < -0.3 is 9.47 Å². The highest BCUT2D eigenvalue weighted by Gasteiger charge is 2.21. The van der Waals surface area contributed by atoms with Gasteiger partial charge in [-0.15, -0.1) is 0 Å². The van der Waals surface area contributed by atoms with Gasteiger partial charge in [0.05, 0.1) is 18.9 Å². The van der Waals surface area contributed by atoms with E-state index in [-0.39, 0.29) is 11.9 Å². The maximum absolute atomic E-state index is 11.7. The first kappa shape index (κ1) is 23.7. The molecule has 0 radical (unpaired) electrons. The molecule has 0 bridgehead atoms. The Balaban J connectivity index is 1.31. The molecule has 0 amide bonds. The Kier molecular flexibility index (Phi) is 8.32. The number of hydrogen-bond donors (Lipinski definition) is 0. The highest BCUT2D eigenvalue weighted by atomic mass is 16.5. The number of hydrogen-bond acceptors (Lipinski definition) is 6.